The van der Waals surface area contributed by atoms with E-state index in [-0.39, 0.29) is 12.4 Å². The molecule has 0 unspecified atom stereocenters. The lowest BCUT2D eigenvalue weighted by Crippen LogP contribution is -3.00. The molecule has 37 heavy (non-hydrogen) atoms. The van der Waals surface area contributed by atoms with E-state index in [0.29, 0.717) is 0 Å². The van der Waals surface area contributed by atoms with Crippen molar-refractivity contribution in [1.82, 2.24) is 0 Å². The molecular formula is C35H70ClN. The minimum Gasteiger partial charge on any atom is -1.00 e. The van der Waals surface area contributed by atoms with Crippen molar-refractivity contribution in [2.75, 3.05) is 6.54 Å². The average molecular weight is 540 g/mol. The van der Waals surface area contributed by atoms with Crippen LogP contribution < -0.4 is 18.1 Å². The molecule has 0 aromatic rings. The maximum absolute atomic E-state index is 3.92. The third-order valence-electron chi connectivity index (χ3n) is 8.11. The van der Waals surface area contributed by atoms with E-state index < -0.39 is 0 Å². The Balaban J connectivity index is 0. The summed E-state index contributed by atoms with van der Waals surface area (Å²) in [6.45, 7) is 8.91. The number of allylic oxidation sites excluding steroid dienone is 2. The SMILES string of the molecule is C=CCC(CC=C)CCCCCCCCCCCCCCCCCCCCCCCCCCCC[NH3+].[Cl-]. The van der Waals surface area contributed by atoms with Gasteiger partial charge < -0.3 is 18.1 Å². The highest BCUT2D eigenvalue weighted by Gasteiger charge is 2.04. The van der Waals surface area contributed by atoms with Crippen LogP contribution in [0.1, 0.15) is 186 Å². The molecule has 0 atom stereocenters. The number of hydrogen-bond donors (Lipinski definition) is 1. The van der Waals surface area contributed by atoms with Crippen molar-refractivity contribution in [2.45, 2.75) is 186 Å². The lowest BCUT2D eigenvalue weighted by Gasteiger charge is -2.12. The third kappa shape index (κ3) is 33.7. The summed E-state index contributed by atoms with van der Waals surface area (Å²) in [6.07, 6.45) is 45.7. The fraction of sp³-hybridized carbons (Fsp3) is 0.886. The second-order valence-corrected chi connectivity index (χ2v) is 11.7. The first kappa shape index (κ1) is 38.9. The van der Waals surface area contributed by atoms with E-state index in [0.717, 1.165) is 25.3 Å². The largest absolute Gasteiger partial charge is 1.00 e. The fourth-order valence-electron chi connectivity index (χ4n) is 5.66. The van der Waals surface area contributed by atoms with Gasteiger partial charge in [0.2, 0.25) is 0 Å². The Hall–Kier alpha value is -0.270. The van der Waals surface area contributed by atoms with Crippen molar-refractivity contribution in [3.8, 4) is 0 Å². The van der Waals surface area contributed by atoms with E-state index in [4.69, 9.17) is 0 Å². The average Bonchev–Trinajstić information content (AvgIpc) is 2.88. The van der Waals surface area contributed by atoms with Crippen LogP contribution in [0.2, 0.25) is 0 Å². The van der Waals surface area contributed by atoms with Crippen LogP contribution in [-0.2, 0) is 0 Å². The maximum Gasteiger partial charge on any atom is 0.0739 e. The van der Waals surface area contributed by atoms with E-state index in [1.54, 1.807) is 0 Å². The molecule has 0 saturated heterocycles. The summed E-state index contributed by atoms with van der Waals surface area (Å²) in [4.78, 5) is 0. The Kier molecular flexibility index (Phi) is 37.5. The zero-order valence-electron chi connectivity index (χ0n) is 25.4. The summed E-state index contributed by atoms with van der Waals surface area (Å²) >= 11 is 0. The first-order valence-electron chi connectivity index (χ1n) is 16.9. The van der Waals surface area contributed by atoms with Crippen molar-refractivity contribution in [1.29, 1.82) is 0 Å². The van der Waals surface area contributed by atoms with Gasteiger partial charge in [0.1, 0.15) is 0 Å². The molecule has 2 heteroatoms. The van der Waals surface area contributed by atoms with E-state index in [1.807, 2.05) is 0 Å². The second kappa shape index (κ2) is 35.7. The molecule has 0 aliphatic carbocycles. The zero-order chi connectivity index (χ0) is 26.2. The number of rotatable bonds is 32. The van der Waals surface area contributed by atoms with Gasteiger partial charge in [-0.25, -0.2) is 0 Å². The molecule has 0 radical (unpaired) electrons. The molecule has 0 aliphatic rings. The molecule has 0 aromatic heterocycles. The first-order valence-corrected chi connectivity index (χ1v) is 16.9. The molecule has 1 nitrogen and oxygen atoms in total. The second-order valence-electron chi connectivity index (χ2n) is 11.7. The highest BCUT2D eigenvalue weighted by molar-refractivity contribution is 4.79. The van der Waals surface area contributed by atoms with Gasteiger partial charge in [0.15, 0.2) is 0 Å². The third-order valence-corrected chi connectivity index (χ3v) is 8.11. The molecular weight excluding hydrogens is 470 g/mol. The van der Waals surface area contributed by atoms with Crippen LogP contribution in [-0.4, -0.2) is 6.54 Å². The van der Waals surface area contributed by atoms with Crippen LogP contribution >= 0.6 is 0 Å². The molecule has 0 bridgehead atoms. The van der Waals surface area contributed by atoms with Crippen molar-refractivity contribution < 1.29 is 18.1 Å². The summed E-state index contributed by atoms with van der Waals surface area (Å²) in [6, 6.07) is 0. The van der Waals surface area contributed by atoms with Gasteiger partial charge in [-0.05, 0) is 38.0 Å². The van der Waals surface area contributed by atoms with Gasteiger partial charge in [0.05, 0.1) is 6.54 Å². The lowest BCUT2D eigenvalue weighted by molar-refractivity contribution is -0.368. The molecule has 0 fully saturated rings. The molecule has 0 rings (SSSR count). The Morgan fingerprint density at radius 2 is 0.595 bits per heavy atom. The predicted octanol–water partition coefficient (Wildman–Crippen LogP) is 8.53. The summed E-state index contributed by atoms with van der Waals surface area (Å²) in [5, 5.41) is 0. The van der Waals surface area contributed by atoms with Crippen molar-refractivity contribution in [2.24, 2.45) is 5.92 Å². The minimum atomic E-state index is 0. The zero-order valence-corrected chi connectivity index (χ0v) is 26.2. The van der Waals surface area contributed by atoms with Crippen LogP contribution in [0.15, 0.2) is 25.3 Å². The van der Waals surface area contributed by atoms with E-state index >= 15 is 0 Å². The molecule has 3 N–H and O–H groups in total. The minimum absolute atomic E-state index is 0. The van der Waals surface area contributed by atoms with Gasteiger partial charge in [-0.1, -0.05) is 166 Å². The number of unbranched alkanes of at least 4 members (excludes halogenated alkanes) is 25. The van der Waals surface area contributed by atoms with Crippen molar-refractivity contribution in [3.05, 3.63) is 25.3 Å². The van der Waals surface area contributed by atoms with Gasteiger partial charge >= 0.3 is 0 Å². The summed E-state index contributed by atoms with van der Waals surface area (Å²) < 4.78 is 0. The van der Waals surface area contributed by atoms with Crippen LogP contribution in [0.25, 0.3) is 0 Å². The molecule has 0 aliphatic heterocycles. The van der Waals surface area contributed by atoms with Crippen LogP contribution in [0.3, 0.4) is 0 Å². The Morgan fingerprint density at radius 1 is 0.378 bits per heavy atom. The van der Waals surface area contributed by atoms with Crippen LogP contribution in [0.5, 0.6) is 0 Å². The highest BCUT2D eigenvalue weighted by atomic mass is 35.5. The normalized spacial score (nSPS) is 11.1. The number of hydrogen-bond acceptors (Lipinski definition) is 0. The van der Waals surface area contributed by atoms with Gasteiger partial charge in [0.25, 0.3) is 0 Å². The van der Waals surface area contributed by atoms with Crippen molar-refractivity contribution in [3.63, 3.8) is 0 Å². The summed E-state index contributed by atoms with van der Waals surface area (Å²) in [5.74, 6) is 0.790. The fourth-order valence-corrected chi connectivity index (χ4v) is 5.66. The quantitative estimate of drug-likeness (QED) is 0.0655. The Bertz CT molecular complexity index is 411. The summed E-state index contributed by atoms with van der Waals surface area (Å²) in [5.41, 5.74) is 3.92. The predicted molar refractivity (Wildman–Crippen MR) is 166 cm³/mol. The van der Waals surface area contributed by atoms with E-state index in [9.17, 15) is 0 Å². The Labute approximate surface area is 241 Å². The molecule has 0 heterocycles. The summed E-state index contributed by atoms with van der Waals surface area (Å²) in [7, 11) is 0. The van der Waals surface area contributed by atoms with Crippen LogP contribution in [0.4, 0.5) is 0 Å². The first-order chi connectivity index (χ1) is 17.8. The van der Waals surface area contributed by atoms with Gasteiger partial charge in [-0.3, -0.25) is 0 Å². The smallest absolute Gasteiger partial charge is 0.0739 e. The number of quaternary nitrogens is 1. The van der Waals surface area contributed by atoms with E-state index in [1.165, 1.54) is 173 Å². The highest BCUT2D eigenvalue weighted by Crippen LogP contribution is 2.20. The van der Waals surface area contributed by atoms with Crippen LogP contribution in [0, 0.1) is 5.92 Å². The standard InChI is InChI=1S/C35H69N.ClH/c1-3-31-35(32-4-2)33-29-27-25-23-21-19-17-15-13-11-9-7-5-6-8-10-12-14-16-18-20-22-24-26-28-30-34-36;/h3-4,35H,1-2,5-34,36H2;1H. The molecule has 222 valence electrons. The Morgan fingerprint density at radius 3 is 0.811 bits per heavy atom. The monoisotopic (exact) mass is 540 g/mol. The van der Waals surface area contributed by atoms with Gasteiger partial charge in [0, 0.05) is 0 Å². The molecule has 0 aromatic carbocycles. The molecule has 0 saturated carbocycles. The van der Waals surface area contributed by atoms with Gasteiger partial charge in [-0.15, -0.1) is 13.2 Å². The molecule has 0 spiro atoms. The topological polar surface area (TPSA) is 27.6 Å². The van der Waals surface area contributed by atoms with E-state index in [2.05, 4.69) is 31.0 Å². The molecule has 0 amide bonds. The van der Waals surface area contributed by atoms with Gasteiger partial charge in [-0.2, -0.15) is 0 Å². The lowest BCUT2D eigenvalue weighted by atomic mass is 9.94. The van der Waals surface area contributed by atoms with Crippen molar-refractivity contribution >= 4 is 0 Å². The maximum atomic E-state index is 3.92. The number of halogens is 1.